The lowest BCUT2D eigenvalue weighted by Crippen LogP contribution is -2.09. The molecule has 5 heteroatoms. The Hall–Kier alpha value is -1.78. The van der Waals surface area contributed by atoms with E-state index in [1.54, 1.807) is 0 Å². The van der Waals surface area contributed by atoms with E-state index in [4.69, 9.17) is 10.2 Å². The Morgan fingerprint density at radius 1 is 1.50 bits per heavy atom. The lowest BCUT2D eigenvalue weighted by Gasteiger charge is -1.93. The summed E-state index contributed by atoms with van der Waals surface area (Å²) in [7, 11) is 0. The van der Waals surface area contributed by atoms with Crippen LogP contribution >= 0.6 is 0 Å². The molecule has 64 valence electrons. The summed E-state index contributed by atoms with van der Waals surface area (Å²) < 4.78 is 4.85. The van der Waals surface area contributed by atoms with Crippen molar-refractivity contribution in [3.8, 4) is 0 Å². The summed E-state index contributed by atoms with van der Waals surface area (Å²) in [6.07, 6.45) is 0. The maximum Gasteiger partial charge on any atom is 0.284 e. The molecule has 3 N–H and O–H groups in total. The second kappa shape index (κ2) is 3.08. The highest BCUT2D eigenvalue weighted by atomic mass is 16.4. The second-order valence-corrected chi connectivity index (χ2v) is 2.21. The van der Waals surface area contributed by atoms with Gasteiger partial charge in [0.2, 0.25) is 5.91 Å². The molecule has 0 aliphatic carbocycles. The van der Waals surface area contributed by atoms with Crippen LogP contribution in [0.5, 0.6) is 0 Å². The van der Waals surface area contributed by atoms with E-state index in [2.05, 4.69) is 5.32 Å². The van der Waals surface area contributed by atoms with Crippen molar-refractivity contribution in [3.63, 3.8) is 0 Å². The third-order valence-electron chi connectivity index (χ3n) is 1.15. The largest absolute Gasteiger partial charge is 0.435 e. The molecule has 0 aromatic carbocycles. The predicted molar refractivity (Wildman–Crippen MR) is 41.5 cm³/mol. The standard InChI is InChI=1S/C7H8N2O3/c1-4(10)9-6-3-2-5(12-6)7(8)11/h2-3H,1H3,(H2,8,11)(H,9,10). The van der Waals surface area contributed by atoms with Crippen molar-refractivity contribution in [1.29, 1.82) is 0 Å². The molecule has 0 radical (unpaired) electrons. The highest BCUT2D eigenvalue weighted by molar-refractivity contribution is 5.92. The molecule has 1 rings (SSSR count). The van der Waals surface area contributed by atoms with E-state index in [0.717, 1.165) is 0 Å². The van der Waals surface area contributed by atoms with Gasteiger partial charge in [0.25, 0.3) is 5.91 Å². The van der Waals surface area contributed by atoms with E-state index in [0.29, 0.717) is 0 Å². The van der Waals surface area contributed by atoms with Crippen molar-refractivity contribution in [1.82, 2.24) is 0 Å². The summed E-state index contributed by atoms with van der Waals surface area (Å²) in [5.74, 6) is -0.679. The van der Waals surface area contributed by atoms with Crippen LogP contribution in [0.4, 0.5) is 5.88 Å². The fourth-order valence-electron chi connectivity index (χ4n) is 0.711. The van der Waals surface area contributed by atoms with Gasteiger partial charge < -0.3 is 10.2 Å². The third kappa shape index (κ3) is 1.85. The molecule has 0 aliphatic heterocycles. The van der Waals surface area contributed by atoms with Gasteiger partial charge in [0.15, 0.2) is 11.6 Å². The van der Waals surface area contributed by atoms with Gasteiger partial charge in [0.1, 0.15) is 0 Å². The number of primary amides is 1. The zero-order chi connectivity index (χ0) is 9.14. The first-order chi connectivity index (χ1) is 5.59. The van der Waals surface area contributed by atoms with Gasteiger partial charge in [-0.25, -0.2) is 0 Å². The summed E-state index contributed by atoms with van der Waals surface area (Å²) in [6, 6.07) is 2.86. The number of nitrogens with one attached hydrogen (secondary N) is 1. The number of amides is 2. The molecule has 2 amide bonds. The number of furan rings is 1. The Morgan fingerprint density at radius 3 is 2.58 bits per heavy atom. The molecule has 1 aromatic heterocycles. The van der Waals surface area contributed by atoms with E-state index in [-0.39, 0.29) is 17.6 Å². The van der Waals surface area contributed by atoms with Gasteiger partial charge >= 0.3 is 0 Å². The molecule has 0 aliphatic rings. The molecule has 0 saturated heterocycles. The van der Waals surface area contributed by atoms with Gasteiger partial charge in [-0.15, -0.1) is 0 Å². The monoisotopic (exact) mass is 168 g/mol. The molecular formula is C7H8N2O3. The summed E-state index contributed by atoms with van der Waals surface area (Å²) >= 11 is 0. The zero-order valence-electron chi connectivity index (χ0n) is 6.46. The van der Waals surface area contributed by atoms with Crippen molar-refractivity contribution in [2.75, 3.05) is 5.32 Å². The lowest BCUT2D eigenvalue weighted by molar-refractivity contribution is -0.114. The minimum Gasteiger partial charge on any atom is -0.435 e. The highest BCUT2D eigenvalue weighted by Gasteiger charge is 2.06. The second-order valence-electron chi connectivity index (χ2n) is 2.21. The minimum absolute atomic E-state index is 0.0266. The van der Waals surface area contributed by atoms with Crippen LogP contribution in [-0.4, -0.2) is 11.8 Å². The molecule has 0 unspecified atom stereocenters. The van der Waals surface area contributed by atoms with E-state index in [1.165, 1.54) is 19.1 Å². The van der Waals surface area contributed by atoms with Gasteiger partial charge in [-0.1, -0.05) is 0 Å². The number of hydrogen-bond acceptors (Lipinski definition) is 3. The first kappa shape index (κ1) is 8.32. The fraction of sp³-hybridized carbons (Fsp3) is 0.143. The molecule has 1 aromatic rings. The summed E-state index contributed by atoms with van der Waals surface area (Å²) in [5.41, 5.74) is 4.91. The predicted octanol–water partition coefficient (Wildman–Crippen LogP) is 0.337. The average Bonchev–Trinajstić information content (AvgIpc) is 2.34. The molecule has 0 atom stereocenters. The van der Waals surface area contributed by atoms with Crippen LogP contribution in [-0.2, 0) is 4.79 Å². The normalized spacial score (nSPS) is 9.42. The average molecular weight is 168 g/mol. The van der Waals surface area contributed by atoms with E-state index >= 15 is 0 Å². The lowest BCUT2D eigenvalue weighted by atomic mass is 10.4. The van der Waals surface area contributed by atoms with E-state index in [1.807, 2.05) is 0 Å². The van der Waals surface area contributed by atoms with Crippen LogP contribution in [0.25, 0.3) is 0 Å². The van der Waals surface area contributed by atoms with Crippen LogP contribution in [0.15, 0.2) is 16.5 Å². The molecular weight excluding hydrogens is 160 g/mol. The number of carbonyl (C=O) groups is 2. The summed E-state index contributed by atoms with van der Waals surface area (Å²) in [4.78, 5) is 21.0. The van der Waals surface area contributed by atoms with Gasteiger partial charge in [-0.05, 0) is 6.07 Å². The number of nitrogens with two attached hydrogens (primary N) is 1. The number of hydrogen-bond donors (Lipinski definition) is 2. The Bertz CT molecular complexity index is 316. The highest BCUT2D eigenvalue weighted by Crippen LogP contribution is 2.11. The van der Waals surface area contributed by atoms with Gasteiger partial charge in [-0.2, -0.15) is 0 Å². The van der Waals surface area contributed by atoms with Gasteiger partial charge in [0, 0.05) is 13.0 Å². The summed E-state index contributed by atoms with van der Waals surface area (Å²) in [6.45, 7) is 1.34. The first-order valence-electron chi connectivity index (χ1n) is 3.27. The Kier molecular flexibility index (Phi) is 2.14. The summed E-state index contributed by atoms with van der Waals surface area (Å²) in [5, 5.41) is 2.37. The molecule has 0 spiro atoms. The maximum absolute atomic E-state index is 10.5. The maximum atomic E-state index is 10.5. The van der Waals surface area contributed by atoms with Crippen LogP contribution in [0, 0.1) is 0 Å². The molecule has 5 nitrogen and oxygen atoms in total. The molecule has 0 bridgehead atoms. The van der Waals surface area contributed by atoms with Gasteiger partial charge in [0.05, 0.1) is 0 Å². The SMILES string of the molecule is CC(=O)Nc1ccc(C(N)=O)o1. The Labute approximate surface area is 68.5 Å². The van der Waals surface area contributed by atoms with E-state index < -0.39 is 5.91 Å². The molecule has 12 heavy (non-hydrogen) atoms. The number of anilines is 1. The van der Waals surface area contributed by atoms with Crippen molar-refractivity contribution < 1.29 is 14.0 Å². The fourth-order valence-corrected chi connectivity index (χ4v) is 0.711. The quantitative estimate of drug-likeness (QED) is 0.667. The van der Waals surface area contributed by atoms with Crippen molar-refractivity contribution in [2.24, 2.45) is 5.73 Å². The first-order valence-corrected chi connectivity index (χ1v) is 3.27. The Morgan fingerprint density at radius 2 is 2.17 bits per heavy atom. The molecule has 0 saturated carbocycles. The molecule has 0 fully saturated rings. The van der Waals surface area contributed by atoms with Crippen LogP contribution < -0.4 is 11.1 Å². The van der Waals surface area contributed by atoms with Crippen molar-refractivity contribution >= 4 is 17.7 Å². The number of carbonyl (C=O) groups excluding carboxylic acids is 2. The zero-order valence-corrected chi connectivity index (χ0v) is 6.46. The van der Waals surface area contributed by atoms with Crippen LogP contribution in [0.1, 0.15) is 17.5 Å². The van der Waals surface area contributed by atoms with Crippen molar-refractivity contribution in [2.45, 2.75) is 6.92 Å². The Balaban J connectivity index is 2.77. The van der Waals surface area contributed by atoms with Crippen LogP contribution in [0.2, 0.25) is 0 Å². The van der Waals surface area contributed by atoms with E-state index in [9.17, 15) is 9.59 Å². The minimum atomic E-state index is -0.661. The van der Waals surface area contributed by atoms with Crippen LogP contribution in [0.3, 0.4) is 0 Å². The smallest absolute Gasteiger partial charge is 0.284 e. The van der Waals surface area contributed by atoms with Gasteiger partial charge in [-0.3, -0.25) is 14.9 Å². The molecule has 1 heterocycles. The van der Waals surface area contributed by atoms with Crippen molar-refractivity contribution in [3.05, 3.63) is 17.9 Å². The number of rotatable bonds is 2. The third-order valence-corrected chi connectivity index (χ3v) is 1.15. The topological polar surface area (TPSA) is 85.3 Å².